The molecule has 0 fully saturated rings. The fourth-order valence-electron chi connectivity index (χ4n) is 1.24. The van der Waals surface area contributed by atoms with Gasteiger partial charge in [0, 0.05) is 36.2 Å². The van der Waals surface area contributed by atoms with Crippen LogP contribution in [0.15, 0.2) is 45.2 Å². The van der Waals surface area contributed by atoms with Crippen LogP contribution in [0.5, 0.6) is 0 Å². The summed E-state index contributed by atoms with van der Waals surface area (Å²) in [6.45, 7) is 0. The van der Waals surface area contributed by atoms with E-state index in [1.807, 2.05) is 6.08 Å². The number of allylic oxidation sites excluding steroid dienone is 4. The standard InChI is InChI=1S/C10H7N3/c11-6-8-1-2-10-9(5-8)7-12-3-4-13-10/h1-4,7H,5H2. The highest BCUT2D eigenvalue weighted by Gasteiger charge is 2.11. The Morgan fingerprint density at radius 2 is 2.23 bits per heavy atom. The third kappa shape index (κ3) is 1.47. The topological polar surface area (TPSA) is 48.5 Å². The summed E-state index contributed by atoms with van der Waals surface area (Å²) in [6, 6.07) is 2.13. The summed E-state index contributed by atoms with van der Waals surface area (Å²) in [5.41, 5.74) is 2.66. The molecule has 0 radical (unpaired) electrons. The molecule has 0 N–H and O–H groups in total. The summed E-state index contributed by atoms with van der Waals surface area (Å²) in [5.74, 6) is 0. The summed E-state index contributed by atoms with van der Waals surface area (Å²) >= 11 is 0. The normalized spacial score (nSPS) is 19.2. The highest BCUT2D eigenvalue weighted by Crippen LogP contribution is 2.25. The molecule has 13 heavy (non-hydrogen) atoms. The molecule has 3 nitrogen and oxygen atoms in total. The van der Waals surface area contributed by atoms with Crippen molar-refractivity contribution in [1.29, 1.82) is 5.26 Å². The van der Waals surface area contributed by atoms with Crippen LogP contribution in [0.4, 0.5) is 0 Å². The Hall–Kier alpha value is -1.95. The van der Waals surface area contributed by atoms with Crippen molar-refractivity contribution in [2.24, 2.45) is 9.98 Å². The van der Waals surface area contributed by atoms with Gasteiger partial charge in [0.25, 0.3) is 0 Å². The van der Waals surface area contributed by atoms with Gasteiger partial charge in [-0.2, -0.15) is 5.26 Å². The first-order chi connectivity index (χ1) is 6.40. The molecule has 0 aromatic rings. The Morgan fingerprint density at radius 3 is 3.08 bits per heavy atom. The Balaban J connectivity index is 2.42. The molecule has 0 aromatic heterocycles. The maximum Gasteiger partial charge on any atom is 0.0950 e. The number of rotatable bonds is 0. The third-order valence-corrected chi connectivity index (χ3v) is 1.89. The number of hydrogen-bond donors (Lipinski definition) is 0. The molecule has 2 rings (SSSR count). The molecule has 0 saturated heterocycles. The lowest BCUT2D eigenvalue weighted by Gasteiger charge is -2.08. The summed E-state index contributed by atoms with van der Waals surface area (Å²) in [6.07, 6.45) is 9.33. The van der Waals surface area contributed by atoms with E-state index >= 15 is 0 Å². The number of aliphatic imine (C=N–C) groups is 2. The van der Waals surface area contributed by atoms with E-state index in [0.29, 0.717) is 6.42 Å². The lowest BCUT2D eigenvalue weighted by Crippen LogP contribution is -1.94. The van der Waals surface area contributed by atoms with Crippen LogP contribution in [0.1, 0.15) is 6.42 Å². The summed E-state index contributed by atoms with van der Waals surface area (Å²) in [5, 5.41) is 8.70. The molecule has 62 valence electrons. The summed E-state index contributed by atoms with van der Waals surface area (Å²) in [4.78, 5) is 8.19. The van der Waals surface area contributed by atoms with E-state index < -0.39 is 0 Å². The second kappa shape index (κ2) is 3.20. The van der Waals surface area contributed by atoms with Gasteiger partial charge in [-0.15, -0.1) is 0 Å². The van der Waals surface area contributed by atoms with Crippen molar-refractivity contribution in [2.75, 3.05) is 0 Å². The maximum absolute atomic E-state index is 8.70. The van der Waals surface area contributed by atoms with Gasteiger partial charge in [-0.1, -0.05) is 0 Å². The maximum atomic E-state index is 8.70. The Kier molecular flexibility index (Phi) is 1.89. The van der Waals surface area contributed by atoms with Crippen LogP contribution in [-0.4, -0.2) is 12.4 Å². The minimum atomic E-state index is 0.636. The van der Waals surface area contributed by atoms with Crippen molar-refractivity contribution < 1.29 is 0 Å². The van der Waals surface area contributed by atoms with Crippen LogP contribution in [0.2, 0.25) is 0 Å². The van der Waals surface area contributed by atoms with Crippen molar-refractivity contribution in [3.63, 3.8) is 0 Å². The van der Waals surface area contributed by atoms with Gasteiger partial charge in [0.1, 0.15) is 0 Å². The van der Waals surface area contributed by atoms with Gasteiger partial charge in [0.2, 0.25) is 0 Å². The van der Waals surface area contributed by atoms with E-state index in [1.54, 1.807) is 24.7 Å². The molecular formula is C10H7N3. The first-order valence-corrected chi connectivity index (χ1v) is 3.96. The molecule has 0 atom stereocenters. The third-order valence-electron chi connectivity index (χ3n) is 1.89. The number of fused-ring (bicyclic) bond motifs is 1. The van der Waals surface area contributed by atoms with Crippen molar-refractivity contribution in [3.05, 3.63) is 35.2 Å². The molecule has 0 aromatic carbocycles. The highest BCUT2D eigenvalue weighted by molar-refractivity contribution is 6.16. The SMILES string of the molecule is N#CC1=CC=C2N=CC=NC=C2C1. The fraction of sp³-hybridized carbons (Fsp3) is 0.100. The quantitative estimate of drug-likeness (QED) is 0.545. The predicted octanol–water partition coefficient (Wildman–Crippen LogP) is 1.76. The minimum Gasteiger partial charge on any atom is -0.263 e. The fourth-order valence-corrected chi connectivity index (χ4v) is 1.24. The van der Waals surface area contributed by atoms with E-state index in [1.165, 1.54) is 0 Å². The van der Waals surface area contributed by atoms with Crippen molar-refractivity contribution >= 4 is 12.4 Å². The van der Waals surface area contributed by atoms with E-state index in [0.717, 1.165) is 16.8 Å². The van der Waals surface area contributed by atoms with Crippen LogP contribution in [-0.2, 0) is 0 Å². The molecule has 1 heterocycles. The van der Waals surface area contributed by atoms with E-state index in [2.05, 4.69) is 16.1 Å². The molecule has 3 heteroatoms. The average Bonchev–Trinajstić information content (AvgIpc) is 2.41. The molecule has 1 aliphatic heterocycles. The predicted molar refractivity (Wildman–Crippen MR) is 51.5 cm³/mol. The van der Waals surface area contributed by atoms with Crippen LogP contribution in [0.3, 0.4) is 0 Å². The van der Waals surface area contributed by atoms with Crippen LogP contribution in [0.25, 0.3) is 0 Å². The van der Waals surface area contributed by atoms with Crippen molar-refractivity contribution in [3.8, 4) is 6.07 Å². The summed E-state index contributed by atoms with van der Waals surface area (Å²) < 4.78 is 0. The largest absolute Gasteiger partial charge is 0.263 e. The molecule has 0 spiro atoms. The van der Waals surface area contributed by atoms with Crippen LogP contribution >= 0.6 is 0 Å². The second-order valence-corrected chi connectivity index (χ2v) is 2.76. The van der Waals surface area contributed by atoms with E-state index in [4.69, 9.17) is 5.26 Å². The molecular weight excluding hydrogens is 162 g/mol. The zero-order valence-electron chi connectivity index (χ0n) is 6.94. The summed E-state index contributed by atoms with van der Waals surface area (Å²) in [7, 11) is 0. The van der Waals surface area contributed by atoms with Gasteiger partial charge in [-0.25, -0.2) is 0 Å². The Morgan fingerprint density at radius 1 is 1.31 bits per heavy atom. The highest BCUT2D eigenvalue weighted by atomic mass is 14.8. The zero-order chi connectivity index (χ0) is 9.10. The molecule has 0 unspecified atom stereocenters. The smallest absolute Gasteiger partial charge is 0.0950 e. The number of nitriles is 1. The molecule has 2 aliphatic rings. The average molecular weight is 169 g/mol. The van der Waals surface area contributed by atoms with Crippen LogP contribution in [0, 0.1) is 11.3 Å². The number of nitrogens with zero attached hydrogens (tertiary/aromatic N) is 3. The zero-order valence-corrected chi connectivity index (χ0v) is 6.94. The van der Waals surface area contributed by atoms with Gasteiger partial charge < -0.3 is 0 Å². The molecule has 0 bridgehead atoms. The molecule has 0 saturated carbocycles. The van der Waals surface area contributed by atoms with Gasteiger partial charge in [0.05, 0.1) is 11.8 Å². The Labute approximate surface area is 76.1 Å². The van der Waals surface area contributed by atoms with Crippen molar-refractivity contribution in [1.82, 2.24) is 0 Å². The molecule has 0 amide bonds. The van der Waals surface area contributed by atoms with Crippen molar-refractivity contribution in [2.45, 2.75) is 6.42 Å². The monoisotopic (exact) mass is 169 g/mol. The first kappa shape index (κ1) is 7.69. The lowest BCUT2D eigenvalue weighted by atomic mass is 9.99. The minimum absolute atomic E-state index is 0.636. The second-order valence-electron chi connectivity index (χ2n) is 2.76. The van der Waals surface area contributed by atoms with Gasteiger partial charge >= 0.3 is 0 Å². The lowest BCUT2D eigenvalue weighted by molar-refractivity contribution is 1.10. The number of hydrogen-bond acceptors (Lipinski definition) is 3. The first-order valence-electron chi connectivity index (χ1n) is 3.96. The van der Waals surface area contributed by atoms with E-state index in [-0.39, 0.29) is 0 Å². The van der Waals surface area contributed by atoms with Gasteiger partial charge in [0.15, 0.2) is 0 Å². The molecule has 1 aliphatic carbocycles. The van der Waals surface area contributed by atoms with Crippen LogP contribution < -0.4 is 0 Å². The van der Waals surface area contributed by atoms with E-state index in [9.17, 15) is 0 Å². The Bertz CT molecular complexity index is 414. The van der Waals surface area contributed by atoms with Gasteiger partial charge in [-0.05, 0) is 12.2 Å². The van der Waals surface area contributed by atoms with Gasteiger partial charge in [-0.3, -0.25) is 9.98 Å².